The number of rotatable bonds is 11. The number of aliphatic carboxylic acids is 1. The third kappa shape index (κ3) is 6.21. The zero-order chi connectivity index (χ0) is 24.6. The van der Waals surface area contributed by atoms with E-state index >= 15 is 0 Å². The number of ether oxygens (including phenoxy) is 1. The third-order valence-corrected chi connectivity index (χ3v) is 7.12. The van der Waals surface area contributed by atoms with E-state index < -0.39 is 18.0 Å². The fourth-order valence-electron chi connectivity index (χ4n) is 5.31. The molecule has 0 radical (unpaired) electrons. The maximum absolute atomic E-state index is 12.2. The molecule has 0 saturated heterocycles. The molecule has 186 valence electrons. The van der Waals surface area contributed by atoms with Crippen molar-refractivity contribution in [2.75, 3.05) is 13.2 Å². The van der Waals surface area contributed by atoms with E-state index in [1.165, 1.54) is 22.3 Å². The van der Waals surface area contributed by atoms with Crippen molar-refractivity contribution < 1.29 is 24.2 Å². The minimum atomic E-state index is -0.822. The second kappa shape index (κ2) is 11.9. The number of amides is 2. The molecule has 0 aliphatic heterocycles. The van der Waals surface area contributed by atoms with Crippen molar-refractivity contribution >= 4 is 18.0 Å². The number of hydrogen-bond donors (Lipinski definition) is 3. The monoisotopic (exact) mass is 478 g/mol. The minimum absolute atomic E-state index is 0.0503. The topological polar surface area (TPSA) is 105 Å². The summed E-state index contributed by atoms with van der Waals surface area (Å²) in [6, 6.07) is 16.3. The van der Waals surface area contributed by atoms with Crippen LogP contribution in [0.15, 0.2) is 48.5 Å². The van der Waals surface area contributed by atoms with Crippen LogP contribution in [0.5, 0.6) is 0 Å². The zero-order valence-electron chi connectivity index (χ0n) is 20.0. The van der Waals surface area contributed by atoms with Crippen molar-refractivity contribution in [3.8, 4) is 11.1 Å². The lowest BCUT2D eigenvalue weighted by molar-refractivity contribution is -0.142. The maximum atomic E-state index is 12.2. The molecular weight excluding hydrogens is 444 g/mol. The van der Waals surface area contributed by atoms with Crippen LogP contribution >= 0.6 is 0 Å². The summed E-state index contributed by atoms with van der Waals surface area (Å²) in [4.78, 5) is 35.5. The molecule has 35 heavy (non-hydrogen) atoms. The molecule has 0 bridgehead atoms. The van der Waals surface area contributed by atoms with Gasteiger partial charge in [-0.15, -0.1) is 0 Å². The Hall–Kier alpha value is -3.35. The number of fused-ring (bicyclic) bond motifs is 3. The Kier molecular flexibility index (Phi) is 8.40. The van der Waals surface area contributed by atoms with Crippen LogP contribution in [0.2, 0.25) is 0 Å². The number of carbonyl (C=O) groups is 3. The van der Waals surface area contributed by atoms with Crippen LogP contribution in [-0.4, -0.2) is 42.3 Å². The first-order valence-corrected chi connectivity index (χ1v) is 12.7. The van der Waals surface area contributed by atoms with Gasteiger partial charge >= 0.3 is 12.1 Å². The molecular formula is C28H34N2O5. The standard InChI is InChI=1S/C28H34N2O5/c31-26(30-25-15-9-14-23(25)27(32)33)16-3-1-2-8-17-29-28(34)35-18-24-21-12-6-4-10-19(21)20-11-5-7-13-22(20)24/h4-7,10-13,23-25H,1-3,8-9,14-18H2,(H,29,34)(H,30,31)(H,32,33)/t23-,25+/m0/s1. The predicted molar refractivity (Wildman–Crippen MR) is 133 cm³/mol. The van der Waals surface area contributed by atoms with Gasteiger partial charge in [-0.1, -0.05) is 67.8 Å². The molecule has 2 atom stereocenters. The van der Waals surface area contributed by atoms with Crippen molar-refractivity contribution in [1.82, 2.24) is 10.6 Å². The van der Waals surface area contributed by atoms with Gasteiger partial charge in [0.05, 0.1) is 5.92 Å². The highest BCUT2D eigenvalue weighted by Crippen LogP contribution is 2.44. The minimum Gasteiger partial charge on any atom is -0.481 e. The van der Waals surface area contributed by atoms with E-state index in [9.17, 15) is 19.5 Å². The molecule has 0 spiro atoms. The van der Waals surface area contributed by atoms with E-state index in [4.69, 9.17) is 4.74 Å². The molecule has 1 fully saturated rings. The van der Waals surface area contributed by atoms with E-state index in [-0.39, 0.29) is 17.9 Å². The van der Waals surface area contributed by atoms with Crippen molar-refractivity contribution in [3.05, 3.63) is 59.7 Å². The molecule has 1 saturated carbocycles. The lowest BCUT2D eigenvalue weighted by atomic mass is 9.98. The Balaban J connectivity index is 1.09. The van der Waals surface area contributed by atoms with E-state index in [0.29, 0.717) is 26.0 Å². The van der Waals surface area contributed by atoms with Gasteiger partial charge in [-0.3, -0.25) is 9.59 Å². The summed E-state index contributed by atoms with van der Waals surface area (Å²) in [5, 5.41) is 14.9. The summed E-state index contributed by atoms with van der Waals surface area (Å²) in [5.41, 5.74) is 4.79. The van der Waals surface area contributed by atoms with Gasteiger partial charge in [-0.25, -0.2) is 4.79 Å². The number of nitrogens with one attached hydrogen (secondary N) is 2. The van der Waals surface area contributed by atoms with Gasteiger partial charge < -0.3 is 20.5 Å². The second-order valence-electron chi connectivity index (χ2n) is 9.47. The number of alkyl carbamates (subject to hydrolysis) is 1. The number of carboxylic acid groups (broad SMARTS) is 1. The molecule has 4 rings (SSSR count). The maximum Gasteiger partial charge on any atom is 0.407 e. The smallest absolute Gasteiger partial charge is 0.407 e. The van der Waals surface area contributed by atoms with Crippen molar-refractivity contribution in [2.45, 2.75) is 63.3 Å². The fraction of sp³-hybridized carbons (Fsp3) is 0.464. The summed E-state index contributed by atoms with van der Waals surface area (Å²) >= 11 is 0. The number of unbranched alkanes of at least 4 members (excludes halogenated alkanes) is 3. The first kappa shape index (κ1) is 24.8. The molecule has 0 heterocycles. The first-order chi connectivity index (χ1) is 17.0. The number of hydrogen-bond acceptors (Lipinski definition) is 4. The van der Waals surface area contributed by atoms with E-state index in [1.54, 1.807) is 0 Å². The number of carboxylic acids is 1. The third-order valence-electron chi connectivity index (χ3n) is 7.12. The molecule has 2 amide bonds. The highest BCUT2D eigenvalue weighted by Gasteiger charge is 2.33. The van der Waals surface area contributed by atoms with Crippen LogP contribution in [-0.2, 0) is 14.3 Å². The summed E-state index contributed by atoms with van der Waals surface area (Å²) in [6.45, 7) is 0.837. The van der Waals surface area contributed by atoms with Crippen molar-refractivity contribution in [3.63, 3.8) is 0 Å². The van der Waals surface area contributed by atoms with E-state index in [2.05, 4.69) is 34.9 Å². The van der Waals surface area contributed by atoms with Crippen LogP contribution in [0.1, 0.15) is 68.4 Å². The molecule has 0 unspecified atom stereocenters. The molecule has 7 nitrogen and oxygen atoms in total. The van der Waals surface area contributed by atoms with Gasteiger partial charge in [0.15, 0.2) is 0 Å². The van der Waals surface area contributed by atoms with Crippen LogP contribution in [0.4, 0.5) is 4.79 Å². The molecule has 2 aliphatic carbocycles. The average Bonchev–Trinajstić information content (AvgIpc) is 3.45. The molecule has 2 aromatic carbocycles. The zero-order valence-corrected chi connectivity index (χ0v) is 20.0. The van der Waals surface area contributed by atoms with Gasteiger partial charge in [0.1, 0.15) is 6.61 Å². The quantitative estimate of drug-likeness (QED) is 0.401. The second-order valence-corrected chi connectivity index (χ2v) is 9.47. The Morgan fingerprint density at radius 3 is 2.23 bits per heavy atom. The SMILES string of the molecule is O=C(CCCCCCNC(=O)OCC1c2ccccc2-c2ccccc21)N[C@@H]1CCC[C@@H]1C(=O)O. The lowest BCUT2D eigenvalue weighted by Crippen LogP contribution is -2.40. The molecule has 3 N–H and O–H groups in total. The highest BCUT2D eigenvalue weighted by atomic mass is 16.5. The predicted octanol–water partition coefficient (Wildman–Crippen LogP) is 4.85. The lowest BCUT2D eigenvalue weighted by Gasteiger charge is -2.17. The van der Waals surface area contributed by atoms with E-state index in [1.807, 2.05) is 24.3 Å². The Morgan fingerprint density at radius 1 is 0.886 bits per heavy atom. The Bertz CT molecular complexity index is 1010. The van der Waals surface area contributed by atoms with Crippen LogP contribution < -0.4 is 10.6 Å². The van der Waals surface area contributed by atoms with Gasteiger partial charge in [0.2, 0.25) is 5.91 Å². The number of benzene rings is 2. The van der Waals surface area contributed by atoms with Crippen LogP contribution in [0.3, 0.4) is 0 Å². The molecule has 2 aromatic rings. The van der Waals surface area contributed by atoms with Crippen LogP contribution in [0, 0.1) is 5.92 Å². The van der Waals surface area contributed by atoms with Gasteiger partial charge in [0, 0.05) is 24.9 Å². The summed E-state index contributed by atoms with van der Waals surface area (Å²) in [5.74, 6) is -1.30. The van der Waals surface area contributed by atoms with Gasteiger partial charge in [-0.05, 0) is 47.9 Å². The van der Waals surface area contributed by atoms with Crippen molar-refractivity contribution in [1.29, 1.82) is 0 Å². The summed E-state index contributed by atoms with van der Waals surface area (Å²) in [7, 11) is 0. The largest absolute Gasteiger partial charge is 0.481 e. The molecule has 2 aliphatic rings. The highest BCUT2D eigenvalue weighted by molar-refractivity contribution is 5.79. The number of carbonyl (C=O) groups excluding carboxylic acids is 2. The Morgan fingerprint density at radius 2 is 1.54 bits per heavy atom. The summed E-state index contributed by atoms with van der Waals surface area (Å²) < 4.78 is 5.54. The normalized spacial score (nSPS) is 18.5. The average molecular weight is 479 g/mol. The van der Waals surface area contributed by atoms with Crippen LogP contribution in [0.25, 0.3) is 11.1 Å². The fourth-order valence-corrected chi connectivity index (χ4v) is 5.31. The van der Waals surface area contributed by atoms with Gasteiger partial charge in [-0.2, -0.15) is 0 Å². The summed E-state index contributed by atoms with van der Waals surface area (Å²) in [6.07, 6.45) is 5.57. The first-order valence-electron chi connectivity index (χ1n) is 12.7. The molecule has 7 heteroatoms. The molecule has 0 aromatic heterocycles. The van der Waals surface area contributed by atoms with E-state index in [0.717, 1.165) is 38.5 Å². The van der Waals surface area contributed by atoms with Gasteiger partial charge in [0.25, 0.3) is 0 Å². The Labute approximate surface area is 206 Å². The van der Waals surface area contributed by atoms with Crippen molar-refractivity contribution in [2.24, 2.45) is 5.92 Å².